The van der Waals surface area contributed by atoms with Crippen molar-refractivity contribution in [3.8, 4) is 0 Å². The highest BCUT2D eigenvalue weighted by atomic mass is 32.1. The first-order valence-electron chi connectivity index (χ1n) is 9.95. The van der Waals surface area contributed by atoms with Gasteiger partial charge < -0.3 is 10.1 Å². The normalized spacial score (nSPS) is 11.8. The third-order valence-corrected chi connectivity index (χ3v) is 6.07. The molecule has 0 aliphatic heterocycles. The van der Waals surface area contributed by atoms with E-state index < -0.39 is 5.97 Å². The highest BCUT2D eigenvalue weighted by molar-refractivity contribution is 7.10. The van der Waals surface area contributed by atoms with E-state index in [2.05, 4.69) is 10.3 Å². The number of aryl methyl sites for hydroxylation is 2. The number of nitrogens with one attached hydrogen (secondary N) is 1. The van der Waals surface area contributed by atoms with Crippen molar-refractivity contribution >= 4 is 34.1 Å². The van der Waals surface area contributed by atoms with Crippen LogP contribution in [-0.2, 0) is 9.53 Å². The smallest absolute Gasteiger partial charge is 0.340 e. The van der Waals surface area contributed by atoms with Crippen molar-refractivity contribution < 1.29 is 14.3 Å². The third kappa shape index (κ3) is 4.49. The van der Waals surface area contributed by atoms with Crippen LogP contribution < -0.4 is 5.32 Å². The van der Waals surface area contributed by atoms with Gasteiger partial charge in [0.05, 0.1) is 22.8 Å². The Kier molecular flexibility index (Phi) is 6.09. The number of aromatic nitrogens is 1. The number of hydrogen-bond donors (Lipinski definition) is 1. The zero-order valence-corrected chi connectivity index (χ0v) is 18.1. The number of carbonyl (C=O) groups is 2. The molecule has 0 bridgehead atoms. The van der Waals surface area contributed by atoms with Crippen molar-refractivity contribution in [1.82, 2.24) is 10.3 Å². The maximum atomic E-state index is 12.8. The van der Waals surface area contributed by atoms with E-state index >= 15 is 0 Å². The van der Waals surface area contributed by atoms with Gasteiger partial charge in [0.15, 0.2) is 6.61 Å². The molecule has 2 heterocycles. The van der Waals surface area contributed by atoms with E-state index in [9.17, 15) is 9.59 Å². The van der Waals surface area contributed by atoms with Crippen molar-refractivity contribution in [3.05, 3.63) is 99.4 Å². The Morgan fingerprint density at radius 3 is 2.48 bits per heavy atom. The summed E-state index contributed by atoms with van der Waals surface area (Å²) in [6.07, 6.45) is 0. The summed E-state index contributed by atoms with van der Waals surface area (Å²) in [5, 5.41) is 5.84. The summed E-state index contributed by atoms with van der Waals surface area (Å²) < 4.78 is 5.37. The molecule has 156 valence electrons. The van der Waals surface area contributed by atoms with E-state index in [1.807, 2.05) is 79.0 Å². The Balaban J connectivity index is 1.48. The number of fused-ring (bicyclic) bond motifs is 1. The number of amides is 1. The highest BCUT2D eigenvalue weighted by Gasteiger charge is 2.21. The van der Waals surface area contributed by atoms with Crippen molar-refractivity contribution in [2.24, 2.45) is 0 Å². The van der Waals surface area contributed by atoms with E-state index in [0.29, 0.717) is 11.3 Å². The van der Waals surface area contributed by atoms with Gasteiger partial charge in [0.1, 0.15) is 0 Å². The summed E-state index contributed by atoms with van der Waals surface area (Å²) in [5.74, 6) is -0.907. The Morgan fingerprint density at radius 2 is 1.74 bits per heavy atom. The van der Waals surface area contributed by atoms with Gasteiger partial charge in [-0.2, -0.15) is 0 Å². The summed E-state index contributed by atoms with van der Waals surface area (Å²) in [6.45, 7) is 3.29. The second-order valence-electron chi connectivity index (χ2n) is 7.22. The van der Waals surface area contributed by atoms with Crippen LogP contribution in [0.1, 0.15) is 38.1 Å². The van der Waals surface area contributed by atoms with Crippen LogP contribution in [0.4, 0.5) is 0 Å². The van der Waals surface area contributed by atoms with E-state index in [1.165, 1.54) is 0 Å². The van der Waals surface area contributed by atoms with Gasteiger partial charge in [0.2, 0.25) is 0 Å². The van der Waals surface area contributed by atoms with Crippen molar-refractivity contribution in [2.75, 3.05) is 6.61 Å². The van der Waals surface area contributed by atoms with E-state index in [1.54, 1.807) is 18.3 Å². The quantitative estimate of drug-likeness (QED) is 0.438. The molecule has 0 aliphatic carbocycles. The number of carbonyl (C=O) groups excluding carboxylic acids is 2. The minimum atomic E-state index is -0.546. The number of thiophene rings is 1. The van der Waals surface area contributed by atoms with Crippen LogP contribution in [0.3, 0.4) is 0 Å². The van der Waals surface area contributed by atoms with Crippen LogP contribution in [0.2, 0.25) is 0 Å². The molecule has 0 fully saturated rings. The van der Waals surface area contributed by atoms with Gasteiger partial charge in [-0.25, -0.2) is 4.79 Å². The molecule has 4 rings (SSSR count). The monoisotopic (exact) mass is 430 g/mol. The van der Waals surface area contributed by atoms with Gasteiger partial charge in [0.25, 0.3) is 5.91 Å². The molecule has 1 N–H and O–H groups in total. The fraction of sp³-hybridized carbons (Fsp3) is 0.160. The second kappa shape index (κ2) is 9.10. The summed E-state index contributed by atoms with van der Waals surface area (Å²) in [6, 6.07) is 21.0. The fourth-order valence-corrected chi connectivity index (χ4v) is 4.46. The highest BCUT2D eigenvalue weighted by Crippen LogP contribution is 2.26. The molecule has 1 unspecified atom stereocenters. The van der Waals surface area contributed by atoms with Crippen molar-refractivity contribution in [3.63, 3.8) is 0 Å². The van der Waals surface area contributed by atoms with Crippen molar-refractivity contribution in [2.45, 2.75) is 19.9 Å². The number of ether oxygens (including phenoxy) is 1. The molecule has 0 saturated carbocycles. The molecular weight excluding hydrogens is 408 g/mol. The Labute approximate surface area is 184 Å². The van der Waals surface area contributed by atoms with Gasteiger partial charge in [-0.15, -0.1) is 11.3 Å². The molecule has 2 aromatic carbocycles. The first-order valence-corrected chi connectivity index (χ1v) is 10.8. The van der Waals surface area contributed by atoms with Crippen LogP contribution in [-0.4, -0.2) is 23.5 Å². The molecule has 6 heteroatoms. The summed E-state index contributed by atoms with van der Waals surface area (Å²) in [7, 11) is 0. The summed E-state index contributed by atoms with van der Waals surface area (Å²) in [4.78, 5) is 30.9. The molecule has 31 heavy (non-hydrogen) atoms. The largest absolute Gasteiger partial charge is 0.452 e. The predicted octanol–water partition coefficient (Wildman–Crippen LogP) is 4.98. The zero-order chi connectivity index (χ0) is 21.8. The number of para-hydroxylation sites is 1. The van der Waals surface area contributed by atoms with Crippen molar-refractivity contribution in [1.29, 1.82) is 0 Å². The Morgan fingerprint density at radius 1 is 1.00 bits per heavy atom. The third-order valence-electron chi connectivity index (χ3n) is 5.14. The first-order chi connectivity index (χ1) is 15.0. The zero-order valence-electron chi connectivity index (χ0n) is 17.3. The van der Waals surface area contributed by atoms with Crippen LogP contribution in [0.5, 0.6) is 0 Å². The summed E-state index contributed by atoms with van der Waals surface area (Å²) >= 11 is 1.56. The molecule has 5 nitrogen and oxygen atoms in total. The van der Waals surface area contributed by atoms with Crippen LogP contribution in [0.25, 0.3) is 10.9 Å². The Bertz CT molecular complexity index is 1220. The van der Waals surface area contributed by atoms with Crippen LogP contribution >= 0.6 is 11.3 Å². The molecule has 0 radical (unpaired) electrons. The lowest BCUT2D eigenvalue weighted by atomic mass is 10.0. The number of pyridine rings is 1. The van der Waals surface area contributed by atoms with Gasteiger partial charge >= 0.3 is 5.97 Å². The first kappa shape index (κ1) is 20.8. The standard InChI is InChI=1S/C25H22N2O3S/c1-16-19-11-6-7-12-20(19)26-17(2)23(16)25(29)30-15-22(28)27-24(21-13-8-14-31-21)18-9-4-3-5-10-18/h3-14,24H,15H2,1-2H3,(H,27,28). The minimum absolute atomic E-state index is 0.293. The van der Waals surface area contributed by atoms with Gasteiger partial charge in [-0.05, 0) is 42.5 Å². The van der Waals surface area contributed by atoms with Gasteiger partial charge in [0, 0.05) is 10.3 Å². The van der Waals surface area contributed by atoms with Crippen LogP contribution in [0, 0.1) is 13.8 Å². The second-order valence-corrected chi connectivity index (χ2v) is 8.20. The lowest BCUT2D eigenvalue weighted by Crippen LogP contribution is -2.32. The number of rotatable bonds is 6. The van der Waals surface area contributed by atoms with E-state index in [0.717, 1.165) is 26.9 Å². The minimum Gasteiger partial charge on any atom is -0.452 e. The Hall–Kier alpha value is -3.51. The van der Waals surface area contributed by atoms with Gasteiger partial charge in [-0.3, -0.25) is 9.78 Å². The average molecular weight is 431 g/mol. The van der Waals surface area contributed by atoms with E-state index in [-0.39, 0.29) is 18.6 Å². The molecule has 1 atom stereocenters. The van der Waals surface area contributed by atoms with E-state index in [4.69, 9.17) is 4.74 Å². The molecule has 4 aromatic rings. The molecule has 0 spiro atoms. The summed E-state index contributed by atoms with van der Waals surface area (Å²) in [5.41, 5.74) is 3.59. The molecule has 0 saturated heterocycles. The fourth-order valence-electron chi connectivity index (χ4n) is 3.66. The molecule has 2 aromatic heterocycles. The number of esters is 1. The number of hydrogen-bond acceptors (Lipinski definition) is 5. The average Bonchev–Trinajstić information content (AvgIpc) is 3.31. The maximum absolute atomic E-state index is 12.8. The molecular formula is C25H22N2O3S. The lowest BCUT2D eigenvalue weighted by Gasteiger charge is -2.18. The van der Waals surface area contributed by atoms with Crippen LogP contribution in [0.15, 0.2) is 72.1 Å². The SMILES string of the molecule is Cc1nc2ccccc2c(C)c1C(=O)OCC(=O)NC(c1ccccc1)c1cccs1. The maximum Gasteiger partial charge on any atom is 0.340 e. The number of nitrogens with zero attached hydrogens (tertiary/aromatic N) is 1. The molecule has 0 aliphatic rings. The lowest BCUT2D eigenvalue weighted by molar-refractivity contribution is -0.124. The predicted molar refractivity (Wildman–Crippen MR) is 122 cm³/mol. The van der Waals surface area contributed by atoms with Gasteiger partial charge in [-0.1, -0.05) is 54.6 Å². The molecule has 1 amide bonds. The number of benzene rings is 2. The topological polar surface area (TPSA) is 68.3 Å².